The van der Waals surface area contributed by atoms with E-state index in [0.717, 1.165) is 6.26 Å². The molecule has 0 saturated carbocycles. The van der Waals surface area contributed by atoms with Crippen molar-refractivity contribution in [1.82, 2.24) is 4.98 Å². The maximum Gasteiger partial charge on any atom is 0.226 e. The Hall–Kier alpha value is -1.66. The highest BCUT2D eigenvalue weighted by Gasteiger charge is 2.11. The number of rotatable bonds is 3. The van der Waals surface area contributed by atoms with Crippen molar-refractivity contribution < 1.29 is 12.8 Å². The van der Waals surface area contributed by atoms with Gasteiger partial charge in [-0.3, -0.25) is 0 Å². The Balaban J connectivity index is 2.46. The molecule has 2 rings (SSSR count). The summed E-state index contributed by atoms with van der Waals surface area (Å²) in [7, 11) is -3.23. The van der Waals surface area contributed by atoms with Crippen LogP contribution in [0.2, 0.25) is 0 Å². The van der Waals surface area contributed by atoms with Crippen molar-refractivity contribution in [2.75, 3.05) is 6.26 Å². The number of benzene rings is 1. The van der Waals surface area contributed by atoms with Gasteiger partial charge in [-0.2, -0.15) is 0 Å². The summed E-state index contributed by atoms with van der Waals surface area (Å²) in [4.78, 5) is 4.37. The smallest absolute Gasteiger partial charge is 0.226 e. The molecule has 0 spiro atoms. The Labute approximate surface area is 99.2 Å². The van der Waals surface area contributed by atoms with Gasteiger partial charge >= 0.3 is 0 Å². The van der Waals surface area contributed by atoms with Crippen molar-refractivity contribution in [1.29, 1.82) is 0 Å². The molecule has 0 aliphatic rings. The maximum absolute atomic E-state index is 11.4. The molecule has 1 heterocycles. The highest BCUT2D eigenvalue weighted by molar-refractivity contribution is 7.90. The van der Waals surface area contributed by atoms with Gasteiger partial charge in [-0.25, -0.2) is 13.4 Å². The van der Waals surface area contributed by atoms with Crippen LogP contribution in [0.4, 0.5) is 0 Å². The van der Waals surface area contributed by atoms with E-state index < -0.39 is 9.84 Å². The summed E-state index contributed by atoms with van der Waals surface area (Å²) in [6, 6.07) is 6.45. The third kappa shape index (κ3) is 2.54. The normalized spacial score (nSPS) is 11.6. The Morgan fingerprint density at radius 3 is 2.76 bits per heavy atom. The third-order valence-corrected chi connectivity index (χ3v) is 3.38. The molecule has 0 amide bonds. The Morgan fingerprint density at radius 2 is 2.18 bits per heavy atom. The first-order valence-corrected chi connectivity index (χ1v) is 6.85. The van der Waals surface area contributed by atoms with Crippen LogP contribution in [0.1, 0.15) is 5.69 Å². The Morgan fingerprint density at radius 1 is 1.41 bits per heavy atom. The standard InChI is InChI=1S/C11H12N2O3S/c1-17(14,15)10-4-2-3-8(5-10)11-13-9(6-12)7-16-11/h2-5,7H,6,12H2,1H3. The zero-order valence-electron chi connectivity index (χ0n) is 9.25. The molecule has 1 aromatic carbocycles. The first kappa shape index (κ1) is 11.8. The molecular weight excluding hydrogens is 240 g/mol. The SMILES string of the molecule is CS(=O)(=O)c1cccc(-c2nc(CN)co2)c1. The second-order valence-electron chi connectivity index (χ2n) is 3.65. The highest BCUT2D eigenvalue weighted by Crippen LogP contribution is 2.21. The predicted octanol–water partition coefficient (Wildman–Crippen LogP) is 1.20. The van der Waals surface area contributed by atoms with Crippen LogP contribution in [-0.2, 0) is 16.4 Å². The number of oxazole rings is 1. The minimum absolute atomic E-state index is 0.238. The van der Waals surface area contributed by atoms with E-state index in [1.165, 1.54) is 18.4 Å². The second-order valence-corrected chi connectivity index (χ2v) is 5.66. The quantitative estimate of drug-likeness (QED) is 0.887. The van der Waals surface area contributed by atoms with E-state index in [1.54, 1.807) is 12.1 Å². The van der Waals surface area contributed by atoms with E-state index in [-0.39, 0.29) is 11.4 Å². The molecule has 2 N–H and O–H groups in total. The zero-order valence-corrected chi connectivity index (χ0v) is 10.1. The molecule has 0 saturated heterocycles. The average molecular weight is 252 g/mol. The number of aromatic nitrogens is 1. The van der Waals surface area contributed by atoms with Crippen LogP contribution in [0.15, 0.2) is 39.8 Å². The number of nitrogens with two attached hydrogens (primary N) is 1. The van der Waals surface area contributed by atoms with Crippen LogP contribution in [0.5, 0.6) is 0 Å². The molecule has 6 heteroatoms. The van der Waals surface area contributed by atoms with E-state index in [1.807, 2.05) is 0 Å². The molecular formula is C11H12N2O3S. The third-order valence-electron chi connectivity index (χ3n) is 2.27. The fraction of sp³-hybridized carbons (Fsp3) is 0.182. The molecule has 90 valence electrons. The summed E-state index contributed by atoms with van der Waals surface area (Å²) in [5.41, 5.74) is 6.67. The lowest BCUT2D eigenvalue weighted by molar-refractivity contribution is 0.572. The monoisotopic (exact) mass is 252 g/mol. The first-order valence-electron chi connectivity index (χ1n) is 4.95. The van der Waals surface area contributed by atoms with Crippen LogP contribution >= 0.6 is 0 Å². The fourth-order valence-electron chi connectivity index (χ4n) is 1.39. The van der Waals surface area contributed by atoms with Crippen LogP contribution in [0.25, 0.3) is 11.5 Å². The fourth-order valence-corrected chi connectivity index (χ4v) is 2.06. The minimum atomic E-state index is -3.23. The lowest BCUT2D eigenvalue weighted by atomic mass is 10.2. The number of hydrogen-bond donors (Lipinski definition) is 1. The van der Waals surface area contributed by atoms with E-state index in [0.29, 0.717) is 17.1 Å². The summed E-state index contributed by atoms with van der Waals surface area (Å²) in [6.45, 7) is 0.287. The Bertz CT molecular complexity index is 632. The van der Waals surface area contributed by atoms with Crippen LogP contribution in [-0.4, -0.2) is 19.7 Å². The summed E-state index contributed by atoms with van der Waals surface area (Å²) >= 11 is 0. The van der Waals surface area contributed by atoms with Crippen molar-refractivity contribution in [3.63, 3.8) is 0 Å². The second kappa shape index (κ2) is 4.31. The van der Waals surface area contributed by atoms with Gasteiger partial charge in [0.25, 0.3) is 0 Å². The van der Waals surface area contributed by atoms with Crippen LogP contribution in [0.3, 0.4) is 0 Å². The van der Waals surface area contributed by atoms with Crippen LogP contribution < -0.4 is 5.73 Å². The van der Waals surface area contributed by atoms with Gasteiger partial charge in [-0.1, -0.05) is 6.07 Å². The van der Waals surface area contributed by atoms with E-state index in [4.69, 9.17) is 10.2 Å². The van der Waals surface area contributed by atoms with E-state index in [9.17, 15) is 8.42 Å². The van der Waals surface area contributed by atoms with Gasteiger partial charge in [0.05, 0.1) is 10.6 Å². The maximum atomic E-state index is 11.4. The van der Waals surface area contributed by atoms with Gasteiger partial charge in [0.1, 0.15) is 6.26 Å². The lowest BCUT2D eigenvalue weighted by Gasteiger charge is -2.00. The molecule has 0 fully saturated rings. The van der Waals surface area contributed by atoms with Crippen molar-refractivity contribution in [2.24, 2.45) is 5.73 Å². The van der Waals surface area contributed by atoms with Crippen molar-refractivity contribution in [2.45, 2.75) is 11.4 Å². The lowest BCUT2D eigenvalue weighted by Crippen LogP contribution is -1.97. The van der Waals surface area contributed by atoms with Crippen molar-refractivity contribution in [3.05, 3.63) is 36.2 Å². The van der Waals surface area contributed by atoms with Crippen molar-refractivity contribution in [3.8, 4) is 11.5 Å². The van der Waals surface area contributed by atoms with Gasteiger partial charge in [0, 0.05) is 18.4 Å². The van der Waals surface area contributed by atoms with Gasteiger partial charge in [0.15, 0.2) is 9.84 Å². The van der Waals surface area contributed by atoms with Gasteiger partial charge in [-0.05, 0) is 18.2 Å². The minimum Gasteiger partial charge on any atom is -0.444 e. The molecule has 1 aromatic heterocycles. The van der Waals surface area contributed by atoms with E-state index in [2.05, 4.69) is 4.98 Å². The first-order chi connectivity index (χ1) is 8.00. The van der Waals surface area contributed by atoms with Gasteiger partial charge < -0.3 is 10.2 Å². The predicted molar refractivity (Wildman–Crippen MR) is 62.9 cm³/mol. The molecule has 0 aliphatic heterocycles. The molecule has 0 aliphatic carbocycles. The zero-order chi connectivity index (χ0) is 12.5. The molecule has 17 heavy (non-hydrogen) atoms. The molecule has 0 radical (unpaired) electrons. The van der Waals surface area contributed by atoms with Crippen LogP contribution in [0, 0.1) is 0 Å². The average Bonchev–Trinajstić information content (AvgIpc) is 2.76. The molecule has 5 nitrogen and oxygen atoms in total. The Kier molecular flexibility index (Phi) is 2.99. The van der Waals surface area contributed by atoms with Gasteiger partial charge in [0.2, 0.25) is 5.89 Å². The number of hydrogen-bond acceptors (Lipinski definition) is 5. The number of sulfone groups is 1. The summed E-state index contributed by atoms with van der Waals surface area (Å²) in [6.07, 6.45) is 2.62. The molecule has 0 unspecified atom stereocenters. The summed E-state index contributed by atoms with van der Waals surface area (Å²) < 4.78 is 28.0. The number of nitrogens with zero attached hydrogens (tertiary/aromatic N) is 1. The highest BCUT2D eigenvalue weighted by atomic mass is 32.2. The topological polar surface area (TPSA) is 86.2 Å². The molecule has 0 atom stereocenters. The molecule has 2 aromatic rings. The van der Waals surface area contributed by atoms with Gasteiger partial charge in [-0.15, -0.1) is 0 Å². The van der Waals surface area contributed by atoms with Crippen molar-refractivity contribution >= 4 is 9.84 Å². The molecule has 0 bridgehead atoms. The van der Waals surface area contributed by atoms with E-state index >= 15 is 0 Å². The summed E-state index contributed by atoms with van der Waals surface area (Å²) in [5, 5.41) is 0. The largest absolute Gasteiger partial charge is 0.444 e. The summed E-state index contributed by atoms with van der Waals surface area (Å²) in [5.74, 6) is 0.371.